The number of nitrogens with zero attached hydrogens (tertiary/aromatic N) is 1. The summed E-state index contributed by atoms with van der Waals surface area (Å²) in [5, 5.41) is 2.22. The van der Waals surface area contributed by atoms with Crippen molar-refractivity contribution in [3.8, 4) is 22.6 Å². The highest BCUT2D eigenvalue weighted by atomic mass is 16.3. The van der Waals surface area contributed by atoms with Gasteiger partial charge in [0.05, 0.1) is 5.69 Å². The summed E-state index contributed by atoms with van der Waals surface area (Å²) < 4.78 is 12.3. The maximum atomic E-state index is 6.20. The average molecular weight is 418 g/mol. The molecule has 3 aromatic carbocycles. The van der Waals surface area contributed by atoms with Crippen LogP contribution in [0, 0.1) is 0 Å². The Labute approximate surface area is 186 Å². The lowest BCUT2D eigenvalue weighted by Gasteiger charge is -2.18. The highest BCUT2D eigenvalue weighted by molar-refractivity contribution is 6.09. The molecule has 156 valence electrons. The second kappa shape index (κ2) is 6.83. The lowest BCUT2D eigenvalue weighted by atomic mass is 9.86. The van der Waals surface area contributed by atoms with Crippen LogP contribution in [0.25, 0.3) is 55.6 Å². The molecule has 32 heavy (non-hydrogen) atoms. The van der Waals surface area contributed by atoms with Gasteiger partial charge in [0.15, 0.2) is 5.58 Å². The van der Waals surface area contributed by atoms with Gasteiger partial charge in [-0.05, 0) is 35.2 Å². The molecule has 0 amide bonds. The van der Waals surface area contributed by atoms with E-state index in [1.807, 2.05) is 36.4 Å². The predicted molar refractivity (Wildman–Crippen MR) is 131 cm³/mol. The summed E-state index contributed by atoms with van der Waals surface area (Å²) in [4.78, 5) is 4.91. The van der Waals surface area contributed by atoms with Crippen molar-refractivity contribution in [2.24, 2.45) is 0 Å². The van der Waals surface area contributed by atoms with E-state index in [2.05, 4.69) is 69.3 Å². The second-order valence-electron chi connectivity index (χ2n) is 9.30. The number of pyridine rings is 1. The molecule has 0 saturated heterocycles. The van der Waals surface area contributed by atoms with Gasteiger partial charge < -0.3 is 8.83 Å². The van der Waals surface area contributed by atoms with Crippen LogP contribution >= 0.6 is 0 Å². The summed E-state index contributed by atoms with van der Waals surface area (Å²) in [6, 6.07) is 28.9. The van der Waals surface area contributed by atoms with Gasteiger partial charge in [0, 0.05) is 28.0 Å². The van der Waals surface area contributed by atoms with Crippen LogP contribution < -0.4 is 0 Å². The van der Waals surface area contributed by atoms with Crippen LogP contribution in [0.1, 0.15) is 26.3 Å². The molecule has 0 bridgehead atoms. The molecule has 0 saturated carbocycles. The molecule has 3 nitrogen and oxygen atoms in total. The largest absolute Gasteiger partial charge is 0.455 e. The fourth-order valence-electron chi connectivity index (χ4n) is 4.30. The zero-order valence-electron chi connectivity index (χ0n) is 18.3. The molecule has 0 radical (unpaired) electrons. The van der Waals surface area contributed by atoms with Gasteiger partial charge in [-0.2, -0.15) is 0 Å². The molecule has 0 aliphatic carbocycles. The first kappa shape index (κ1) is 18.9. The highest BCUT2D eigenvalue weighted by Gasteiger charge is 2.16. The molecule has 3 heterocycles. The molecule has 0 fully saturated rings. The first-order chi connectivity index (χ1) is 15.5. The molecule has 0 unspecified atom stereocenters. The van der Waals surface area contributed by atoms with Gasteiger partial charge in [-0.25, -0.2) is 4.98 Å². The maximum absolute atomic E-state index is 6.20. The summed E-state index contributed by atoms with van der Waals surface area (Å²) in [7, 11) is 0. The third-order valence-electron chi connectivity index (χ3n) is 6.09. The molecule has 0 atom stereocenters. The van der Waals surface area contributed by atoms with Crippen molar-refractivity contribution in [3.63, 3.8) is 0 Å². The summed E-state index contributed by atoms with van der Waals surface area (Å²) in [5.74, 6) is 0.826. The van der Waals surface area contributed by atoms with E-state index in [1.165, 1.54) is 5.56 Å². The van der Waals surface area contributed by atoms with Crippen molar-refractivity contribution in [1.82, 2.24) is 4.98 Å². The minimum atomic E-state index is 0.126. The van der Waals surface area contributed by atoms with Gasteiger partial charge in [0.1, 0.15) is 22.4 Å². The number of para-hydroxylation sites is 2. The number of furan rings is 2. The lowest BCUT2D eigenvalue weighted by Crippen LogP contribution is -2.10. The molecule has 6 rings (SSSR count). The first-order valence-electron chi connectivity index (χ1n) is 10.9. The minimum absolute atomic E-state index is 0.126. The van der Waals surface area contributed by atoms with E-state index >= 15 is 0 Å². The molecular formula is C29H23NO2. The van der Waals surface area contributed by atoms with E-state index in [0.717, 1.165) is 55.6 Å². The predicted octanol–water partition coefficient (Wildman–Crippen LogP) is 8.36. The quantitative estimate of drug-likeness (QED) is 0.284. The molecule has 0 aliphatic rings. The second-order valence-corrected chi connectivity index (χ2v) is 9.30. The van der Waals surface area contributed by atoms with E-state index in [1.54, 1.807) is 0 Å². The van der Waals surface area contributed by atoms with Crippen LogP contribution in [0.2, 0.25) is 0 Å². The zero-order valence-corrected chi connectivity index (χ0v) is 18.3. The summed E-state index contributed by atoms with van der Waals surface area (Å²) in [5.41, 5.74) is 7.71. The van der Waals surface area contributed by atoms with E-state index < -0.39 is 0 Å². The van der Waals surface area contributed by atoms with Crippen LogP contribution in [-0.4, -0.2) is 4.98 Å². The van der Waals surface area contributed by atoms with Crippen molar-refractivity contribution < 1.29 is 8.83 Å². The number of benzene rings is 3. The minimum Gasteiger partial charge on any atom is -0.455 e. The van der Waals surface area contributed by atoms with Gasteiger partial charge in [-0.3, -0.25) is 0 Å². The van der Waals surface area contributed by atoms with Crippen LogP contribution in [-0.2, 0) is 5.41 Å². The maximum Gasteiger partial charge on any atom is 0.153 e. The Bertz CT molecular complexity index is 1590. The number of hydrogen-bond acceptors (Lipinski definition) is 3. The van der Waals surface area contributed by atoms with E-state index in [4.69, 9.17) is 13.8 Å². The van der Waals surface area contributed by atoms with Crippen molar-refractivity contribution in [2.75, 3.05) is 0 Å². The van der Waals surface area contributed by atoms with Crippen molar-refractivity contribution >= 4 is 33.0 Å². The van der Waals surface area contributed by atoms with E-state index in [9.17, 15) is 0 Å². The molecule has 6 aromatic rings. The van der Waals surface area contributed by atoms with Crippen molar-refractivity contribution in [1.29, 1.82) is 0 Å². The highest BCUT2D eigenvalue weighted by Crippen LogP contribution is 2.36. The summed E-state index contributed by atoms with van der Waals surface area (Å²) >= 11 is 0. The molecule has 0 spiro atoms. The lowest BCUT2D eigenvalue weighted by molar-refractivity contribution is 0.590. The third kappa shape index (κ3) is 3.01. The average Bonchev–Trinajstić information content (AvgIpc) is 3.39. The fourth-order valence-corrected chi connectivity index (χ4v) is 4.30. The first-order valence-corrected chi connectivity index (χ1v) is 10.9. The standard InChI is InChI=1S/C29H23NO2/c1-29(2,3)19-13-11-18(12-14-19)27-17-24-26(31-27)16-15-23(30-24)22-9-6-8-21-20-7-4-5-10-25(20)32-28(21)22/h4-17H,1-3H3. The van der Waals surface area contributed by atoms with Crippen LogP contribution in [0.5, 0.6) is 0 Å². The Balaban J connectivity index is 1.44. The zero-order chi connectivity index (χ0) is 21.9. The third-order valence-corrected chi connectivity index (χ3v) is 6.09. The topological polar surface area (TPSA) is 39.2 Å². The Morgan fingerprint density at radius 2 is 1.47 bits per heavy atom. The SMILES string of the molecule is CC(C)(C)c1ccc(-c2cc3nc(-c4cccc5c4oc4ccccc45)ccc3o2)cc1. The molecule has 0 N–H and O–H groups in total. The molecule has 3 heteroatoms. The molecule has 0 aliphatic heterocycles. The Morgan fingerprint density at radius 1 is 0.688 bits per heavy atom. The van der Waals surface area contributed by atoms with Gasteiger partial charge in [-0.15, -0.1) is 0 Å². The van der Waals surface area contributed by atoms with Crippen molar-refractivity contribution in [3.05, 3.63) is 90.5 Å². The summed E-state index contributed by atoms with van der Waals surface area (Å²) in [6.45, 7) is 6.66. The van der Waals surface area contributed by atoms with Crippen molar-refractivity contribution in [2.45, 2.75) is 26.2 Å². The Hall–Kier alpha value is -3.85. The molecule has 3 aromatic heterocycles. The smallest absolute Gasteiger partial charge is 0.153 e. The Kier molecular flexibility index (Phi) is 4.03. The van der Waals surface area contributed by atoms with Crippen LogP contribution in [0.15, 0.2) is 93.8 Å². The number of aromatic nitrogens is 1. The monoisotopic (exact) mass is 417 g/mol. The van der Waals surface area contributed by atoms with Crippen LogP contribution in [0.4, 0.5) is 0 Å². The van der Waals surface area contributed by atoms with Gasteiger partial charge in [0.25, 0.3) is 0 Å². The van der Waals surface area contributed by atoms with E-state index in [0.29, 0.717) is 0 Å². The fraction of sp³-hybridized carbons (Fsp3) is 0.138. The Morgan fingerprint density at radius 3 is 2.28 bits per heavy atom. The number of hydrogen-bond donors (Lipinski definition) is 0. The van der Waals surface area contributed by atoms with Gasteiger partial charge in [-0.1, -0.05) is 75.4 Å². The van der Waals surface area contributed by atoms with Gasteiger partial charge >= 0.3 is 0 Å². The van der Waals surface area contributed by atoms with E-state index in [-0.39, 0.29) is 5.41 Å². The summed E-state index contributed by atoms with van der Waals surface area (Å²) in [6.07, 6.45) is 0. The number of fused-ring (bicyclic) bond motifs is 4. The van der Waals surface area contributed by atoms with Crippen LogP contribution in [0.3, 0.4) is 0 Å². The van der Waals surface area contributed by atoms with Gasteiger partial charge in [0.2, 0.25) is 0 Å². The molecular weight excluding hydrogens is 394 g/mol. The normalized spacial score (nSPS) is 12.2. The number of rotatable bonds is 2.